The first-order valence-electron chi connectivity index (χ1n) is 8.16. The first-order chi connectivity index (χ1) is 13.0. The van der Waals surface area contributed by atoms with Crippen LogP contribution in [0.2, 0.25) is 15.1 Å². The fourth-order valence-corrected chi connectivity index (χ4v) is 5.55. The number of alkyl halides is 2. The average Bonchev–Trinajstić information content (AvgIpc) is 3.14. The Hall–Kier alpha value is -1.41. The number of rotatable bonds is 4. The Morgan fingerprint density at radius 2 is 1.71 bits per heavy atom. The number of hydrogen-bond donors (Lipinski definition) is 0. The number of hydrogen-bond acceptors (Lipinski definition) is 3. The molecule has 1 atom stereocenters. The van der Waals surface area contributed by atoms with Crippen molar-refractivity contribution in [2.24, 2.45) is 0 Å². The second-order valence-corrected chi connectivity index (χ2v) is 9.76. The number of carbonyl (C=O) groups is 1. The lowest BCUT2D eigenvalue weighted by molar-refractivity contribution is -0.157. The normalized spacial score (nSPS) is 17.8. The second kappa shape index (κ2) is 7.78. The van der Waals surface area contributed by atoms with Crippen molar-refractivity contribution < 1.29 is 22.0 Å². The van der Waals surface area contributed by atoms with E-state index in [0.717, 1.165) is 17.0 Å². The van der Waals surface area contributed by atoms with Gasteiger partial charge in [-0.05, 0) is 30.7 Å². The summed E-state index contributed by atoms with van der Waals surface area (Å²) < 4.78 is 54.9. The molecule has 10 heteroatoms. The van der Waals surface area contributed by atoms with Crippen LogP contribution < -0.4 is 0 Å². The van der Waals surface area contributed by atoms with Crippen molar-refractivity contribution in [3.8, 4) is 0 Å². The number of sulfone groups is 1. The minimum atomic E-state index is -3.87. The van der Waals surface area contributed by atoms with E-state index in [1.165, 1.54) is 24.3 Å². The predicted octanol–water partition coefficient (Wildman–Crippen LogP) is 4.81. The second-order valence-electron chi connectivity index (χ2n) is 6.34. The Bertz CT molecular complexity index is 1030. The van der Waals surface area contributed by atoms with Crippen LogP contribution in [0.3, 0.4) is 0 Å². The summed E-state index contributed by atoms with van der Waals surface area (Å²) in [6.07, 6.45) is 0.0384. The molecule has 28 heavy (non-hydrogen) atoms. The number of likely N-dealkylation sites (tertiary alicyclic amines) is 1. The largest absolute Gasteiger partial charge is 0.350 e. The maximum absolute atomic E-state index is 14.7. The number of halogens is 5. The van der Waals surface area contributed by atoms with E-state index in [0.29, 0.717) is 0 Å². The van der Waals surface area contributed by atoms with Crippen LogP contribution in [0.5, 0.6) is 0 Å². The molecule has 0 aromatic heterocycles. The van der Waals surface area contributed by atoms with Crippen molar-refractivity contribution in [2.45, 2.75) is 22.5 Å². The Balaban J connectivity index is 1.82. The molecule has 3 rings (SSSR count). The third kappa shape index (κ3) is 3.85. The SMILES string of the molecule is O=C(N1CCC(S(=O)(=O)c2ccccc2Cl)C1)C(F)(F)c1ccc(Cl)c(Cl)c1. The molecule has 150 valence electrons. The minimum absolute atomic E-state index is 0.0384. The van der Waals surface area contributed by atoms with Gasteiger partial charge in [0, 0.05) is 18.7 Å². The van der Waals surface area contributed by atoms with Crippen LogP contribution >= 0.6 is 34.8 Å². The molecule has 0 aliphatic carbocycles. The van der Waals surface area contributed by atoms with Crippen molar-refractivity contribution in [1.82, 2.24) is 4.90 Å². The highest BCUT2D eigenvalue weighted by atomic mass is 35.5. The highest BCUT2D eigenvalue weighted by Gasteiger charge is 2.47. The van der Waals surface area contributed by atoms with Gasteiger partial charge in [-0.15, -0.1) is 0 Å². The van der Waals surface area contributed by atoms with Gasteiger partial charge in [0.2, 0.25) is 0 Å². The third-order valence-electron chi connectivity index (χ3n) is 4.56. The van der Waals surface area contributed by atoms with E-state index >= 15 is 0 Å². The van der Waals surface area contributed by atoms with Gasteiger partial charge < -0.3 is 4.90 Å². The van der Waals surface area contributed by atoms with Gasteiger partial charge in [0.15, 0.2) is 9.84 Å². The summed E-state index contributed by atoms with van der Waals surface area (Å²) in [6.45, 7) is -0.451. The van der Waals surface area contributed by atoms with Crippen LogP contribution in [-0.4, -0.2) is 37.6 Å². The lowest BCUT2D eigenvalue weighted by Crippen LogP contribution is -2.41. The molecule has 0 radical (unpaired) electrons. The van der Waals surface area contributed by atoms with Gasteiger partial charge in [-0.2, -0.15) is 8.78 Å². The first kappa shape index (κ1) is 21.3. The van der Waals surface area contributed by atoms with Gasteiger partial charge in [-0.3, -0.25) is 4.79 Å². The fourth-order valence-electron chi connectivity index (χ4n) is 3.03. The zero-order chi connectivity index (χ0) is 20.7. The number of amides is 1. The van der Waals surface area contributed by atoms with E-state index < -0.39 is 32.5 Å². The summed E-state index contributed by atoms with van der Waals surface area (Å²) in [6, 6.07) is 9.01. The molecule has 1 aliphatic heterocycles. The maximum Gasteiger partial charge on any atom is 0.350 e. The van der Waals surface area contributed by atoms with Crippen LogP contribution in [0.1, 0.15) is 12.0 Å². The van der Waals surface area contributed by atoms with Crippen molar-refractivity contribution in [3.63, 3.8) is 0 Å². The van der Waals surface area contributed by atoms with E-state index in [-0.39, 0.29) is 39.5 Å². The van der Waals surface area contributed by atoms with E-state index in [4.69, 9.17) is 34.8 Å². The quantitative estimate of drug-likeness (QED) is 0.647. The van der Waals surface area contributed by atoms with Gasteiger partial charge in [0.05, 0.1) is 25.2 Å². The first-order valence-corrected chi connectivity index (χ1v) is 10.8. The Kier molecular flexibility index (Phi) is 5.92. The molecule has 0 bridgehead atoms. The fraction of sp³-hybridized carbons (Fsp3) is 0.278. The lowest BCUT2D eigenvalue weighted by Gasteiger charge is -2.23. The van der Waals surface area contributed by atoms with E-state index in [9.17, 15) is 22.0 Å². The monoisotopic (exact) mass is 467 g/mol. The van der Waals surface area contributed by atoms with Crippen LogP contribution in [0.4, 0.5) is 8.78 Å². The van der Waals surface area contributed by atoms with Gasteiger partial charge in [0.1, 0.15) is 0 Å². The molecule has 1 amide bonds. The summed E-state index contributed by atoms with van der Waals surface area (Å²) in [5, 5.41) is -0.984. The summed E-state index contributed by atoms with van der Waals surface area (Å²) in [5.41, 5.74) is -0.607. The molecule has 0 N–H and O–H groups in total. The van der Waals surface area contributed by atoms with Crippen molar-refractivity contribution >= 4 is 50.5 Å². The maximum atomic E-state index is 14.7. The van der Waals surface area contributed by atoms with Crippen molar-refractivity contribution in [1.29, 1.82) is 0 Å². The number of nitrogens with zero attached hydrogens (tertiary/aromatic N) is 1. The lowest BCUT2D eigenvalue weighted by atomic mass is 10.1. The topological polar surface area (TPSA) is 54.5 Å². The summed E-state index contributed by atoms with van der Waals surface area (Å²) in [7, 11) is -3.87. The van der Waals surface area contributed by atoms with Crippen LogP contribution in [0.25, 0.3) is 0 Å². The molecular weight excluding hydrogens is 455 g/mol. The molecular formula is C18H14Cl3F2NO3S. The minimum Gasteiger partial charge on any atom is -0.336 e. The highest BCUT2D eigenvalue weighted by Crippen LogP contribution is 2.36. The third-order valence-corrected chi connectivity index (χ3v) is 7.98. The van der Waals surface area contributed by atoms with Gasteiger partial charge in [0.25, 0.3) is 5.91 Å². The molecule has 1 aliphatic rings. The summed E-state index contributed by atoms with van der Waals surface area (Å²) in [5.74, 6) is -5.35. The van der Waals surface area contributed by atoms with E-state index in [2.05, 4.69) is 0 Å². The van der Waals surface area contributed by atoms with Crippen LogP contribution in [-0.2, 0) is 20.6 Å². The van der Waals surface area contributed by atoms with Gasteiger partial charge in [-0.25, -0.2) is 8.42 Å². The molecule has 1 heterocycles. The zero-order valence-electron chi connectivity index (χ0n) is 14.2. The highest BCUT2D eigenvalue weighted by molar-refractivity contribution is 7.92. The molecule has 1 fully saturated rings. The summed E-state index contributed by atoms with van der Waals surface area (Å²) in [4.78, 5) is 13.2. The zero-order valence-corrected chi connectivity index (χ0v) is 17.3. The van der Waals surface area contributed by atoms with Crippen molar-refractivity contribution in [3.05, 3.63) is 63.1 Å². The van der Waals surface area contributed by atoms with E-state index in [1.54, 1.807) is 6.07 Å². The Morgan fingerprint density at radius 1 is 1.04 bits per heavy atom. The average molecular weight is 469 g/mol. The van der Waals surface area contributed by atoms with Crippen LogP contribution in [0, 0.1) is 0 Å². The molecule has 2 aromatic carbocycles. The smallest absolute Gasteiger partial charge is 0.336 e. The van der Waals surface area contributed by atoms with Crippen LogP contribution in [0.15, 0.2) is 47.4 Å². The standard InChI is InChI=1S/C18H14Cl3F2NO3S/c19-13-6-5-11(9-15(13)21)18(22,23)17(25)24-8-7-12(10-24)28(26,27)16-4-2-1-3-14(16)20/h1-6,9,12H,7-8,10H2. The molecule has 2 aromatic rings. The van der Waals surface area contributed by atoms with Gasteiger partial charge in [-0.1, -0.05) is 53.0 Å². The number of carbonyl (C=O) groups excluding carboxylic acids is 1. The molecule has 0 spiro atoms. The van der Waals surface area contributed by atoms with E-state index in [1.807, 2.05) is 0 Å². The Morgan fingerprint density at radius 3 is 2.36 bits per heavy atom. The van der Waals surface area contributed by atoms with Crippen molar-refractivity contribution in [2.75, 3.05) is 13.1 Å². The molecule has 1 unspecified atom stereocenters. The van der Waals surface area contributed by atoms with Gasteiger partial charge >= 0.3 is 5.92 Å². The summed E-state index contributed by atoms with van der Waals surface area (Å²) >= 11 is 17.5. The predicted molar refractivity (Wildman–Crippen MR) is 104 cm³/mol. The number of benzene rings is 2. The molecule has 4 nitrogen and oxygen atoms in total. The Labute approximate surface area is 175 Å². The molecule has 1 saturated heterocycles. The molecule has 0 saturated carbocycles.